The van der Waals surface area contributed by atoms with Crippen LogP contribution in [0.3, 0.4) is 0 Å². The third-order valence-electron chi connectivity index (χ3n) is 13.6. The molecule has 12 atom stereocenters. The zero-order valence-corrected chi connectivity index (χ0v) is 32.7. The lowest BCUT2D eigenvalue weighted by atomic mass is 9.78. The van der Waals surface area contributed by atoms with Gasteiger partial charge in [0.05, 0.1) is 28.4 Å². The molecule has 0 amide bonds. The molecule has 5 rings (SSSR count). The van der Waals surface area contributed by atoms with Crippen LogP contribution in [0.5, 0.6) is 0 Å². The molecule has 8 bridgehead atoms. The van der Waals surface area contributed by atoms with Crippen molar-refractivity contribution in [2.45, 2.75) is 153 Å². The molecule has 0 aliphatic carbocycles. The highest BCUT2D eigenvalue weighted by Crippen LogP contribution is 2.43. The molecule has 0 saturated carbocycles. The van der Waals surface area contributed by atoms with Gasteiger partial charge in [0, 0.05) is 74.0 Å². The van der Waals surface area contributed by atoms with E-state index in [4.69, 9.17) is 18.9 Å². The van der Waals surface area contributed by atoms with Crippen LogP contribution in [-0.4, -0.2) is 101 Å². The van der Waals surface area contributed by atoms with Crippen LogP contribution in [0.25, 0.3) is 0 Å². The van der Waals surface area contributed by atoms with E-state index in [1.165, 1.54) is 50.7 Å². The first-order chi connectivity index (χ1) is 24.9. The van der Waals surface area contributed by atoms with Gasteiger partial charge >= 0.3 is 23.9 Å². The molecule has 5 heterocycles. The van der Waals surface area contributed by atoms with E-state index < -0.39 is 0 Å². The van der Waals surface area contributed by atoms with Crippen molar-refractivity contribution < 1.29 is 38.1 Å². The summed E-state index contributed by atoms with van der Waals surface area (Å²) in [6, 6.07) is 1.24. The van der Waals surface area contributed by atoms with Crippen LogP contribution in [0.4, 0.5) is 0 Å². The van der Waals surface area contributed by atoms with Gasteiger partial charge in [-0.1, -0.05) is 36.1 Å². The third kappa shape index (κ3) is 9.10. The normalized spacial score (nSPS) is 35.8. The number of carbonyl (C=O) groups excluding carboxylic acids is 4. The summed E-state index contributed by atoms with van der Waals surface area (Å²) in [6.07, 6.45) is 7.72. The lowest BCUT2D eigenvalue weighted by Crippen LogP contribution is -2.46. The van der Waals surface area contributed by atoms with Gasteiger partial charge in [0.1, 0.15) is 0 Å². The quantitative estimate of drug-likeness (QED) is 0.131. The van der Waals surface area contributed by atoms with Crippen molar-refractivity contribution >= 4 is 23.9 Å². The molecule has 0 aromatic rings. The van der Waals surface area contributed by atoms with Crippen molar-refractivity contribution in [1.82, 2.24) is 21.3 Å². The summed E-state index contributed by atoms with van der Waals surface area (Å²) in [5.41, 5.74) is 5.18. The Hall–Kier alpha value is -2.80. The van der Waals surface area contributed by atoms with Gasteiger partial charge in [-0.2, -0.15) is 0 Å². The number of nitrogens with one attached hydrogen (secondary N) is 4. The van der Waals surface area contributed by atoms with Crippen LogP contribution in [0.15, 0.2) is 22.3 Å². The minimum atomic E-state index is -0.210. The Kier molecular flexibility index (Phi) is 14.0. The van der Waals surface area contributed by atoms with E-state index in [0.29, 0.717) is 50.4 Å². The standard InChI is InChI=1S/C40H64N4O8/c1-21-25(9-13-37(45)49-5)33-18-31-23(3)26(10-14-38(46)50-6)34(43-31)19-32-24(4)28(12-16-40(48)52-8)36(44-32)20-35-27(11-15-39(47)51-7)22(2)30(42-35)17-29(21)41-33/h22,24,27-36,41-44H,9-20H2,1-8H3. The van der Waals surface area contributed by atoms with Crippen molar-refractivity contribution in [2.75, 3.05) is 28.4 Å². The number of fused-ring (bicyclic) bond motifs is 8. The second-order valence-corrected chi connectivity index (χ2v) is 16.1. The molecule has 292 valence electrons. The summed E-state index contributed by atoms with van der Waals surface area (Å²) >= 11 is 0. The van der Waals surface area contributed by atoms with Crippen molar-refractivity contribution in [3.63, 3.8) is 0 Å². The van der Waals surface area contributed by atoms with E-state index in [-0.39, 0.29) is 84.0 Å². The SMILES string of the molecule is COC(=O)CCC1=C(C)C2CC3NC(CC4NC(CC5NC(CC1N2)C(C)=C5CCC(=O)OC)C(C)C4CCC(=O)OC)C(CCC(=O)OC)C3C. The topological polar surface area (TPSA) is 153 Å². The van der Waals surface area contributed by atoms with Gasteiger partial charge in [-0.3, -0.25) is 19.2 Å². The van der Waals surface area contributed by atoms with Gasteiger partial charge in [0.2, 0.25) is 0 Å². The predicted octanol–water partition coefficient (Wildman–Crippen LogP) is 3.87. The van der Waals surface area contributed by atoms with Crippen LogP contribution in [-0.2, 0) is 38.1 Å². The highest BCUT2D eigenvalue weighted by molar-refractivity contribution is 5.70. The average molecular weight is 729 g/mol. The number of methoxy groups -OCH3 is 4. The Balaban J connectivity index is 1.51. The maximum Gasteiger partial charge on any atom is 0.305 e. The Morgan fingerprint density at radius 3 is 1.29 bits per heavy atom. The number of esters is 4. The minimum Gasteiger partial charge on any atom is -0.469 e. The fraction of sp³-hybridized carbons (Fsp3) is 0.800. The van der Waals surface area contributed by atoms with Crippen molar-refractivity contribution in [1.29, 1.82) is 0 Å². The first-order valence-electron chi connectivity index (χ1n) is 19.6. The van der Waals surface area contributed by atoms with E-state index in [1.807, 2.05) is 0 Å². The number of hydrogen-bond acceptors (Lipinski definition) is 12. The van der Waals surface area contributed by atoms with Crippen molar-refractivity contribution in [3.8, 4) is 0 Å². The zero-order chi connectivity index (χ0) is 37.7. The highest BCUT2D eigenvalue weighted by atomic mass is 16.5. The molecule has 0 spiro atoms. The third-order valence-corrected chi connectivity index (χ3v) is 13.6. The van der Waals surface area contributed by atoms with E-state index in [9.17, 15) is 19.2 Å². The molecule has 0 aromatic heterocycles. The summed E-state index contributed by atoms with van der Waals surface area (Å²) in [5.74, 6) is 0.426. The summed E-state index contributed by atoms with van der Waals surface area (Å²) in [6.45, 7) is 9.07. The van der Waals surface area contributed by atoms with Crippen LogP contribution in [0.2, 0.25) is 0 Å². The molecule has 12 unspecified atom stereocenters. The first-order valence-corrected chi connectivity index (χ1v) is 19.6. The highest BCUT2D eigenvalue weighted by Gasteiger charge is 2.48. The Labute approximate surface area is 310 Å². The largest absolute Gasteiger partial charge is 0.469 e. The fourth-order valence-electron chi connectivity index (χ4n) is 10.5. The van der Waals surface area contributed by atoms with E-state index >= 15 is 0 Å². The number of hydrogen-bond donors (Lipinski definition) is 4. The summed E-state index contributed by atoms with van der Waals surface area (Å²) in [5, 5.41) is 16.2. The second-order valence-electron chi connectivity index (χ2n) is 16.1. The average Bonchev–Trinajstić information content (AvgIpc) is 3.80. The maximum absolute atomic E-state index is 12.4. The molecule has 3 saturated heterocycles. The van der Waals surface area contributed by atoms with Gasteiger partial charge in [-0.05, 0) is 88.9 Å². The first kappa shape index (κ1) is 40.4. The molecule has 0 aromatic carbocycles. The molecule has 4 N–H and O–H groups in total. The molecule has 5 aliphatic heterocycles. The summed E-state index contributed by atoms with van der Waals surface area (Å²) in [4.78, 5) is 49.5. The Morgan fingerprint density at radius 1 is 0.500 bits per heavy atom. The van der Waals surface area contributed by atoms with Crippen molar-refractivity contribution in [2.24, 2.45) is 23.7 Å². The molecular formula is C40H64N4O8. The smallest absolute Gasteiger partial charge is 0.305 e. The van der Waals surface area contributed by atoms with Gasteiger partial charge in [-0.25, -0.2) is 0 Å². The molecule has 5 aliphatic rings. The zero-order valence-electron chi connectivity index (χ0n) is 32.7. The van der Waals surface area contributed by atoms with Gasteiger partial charge in [0.25, 0.3) is 0 Å². The monoisotopic (exact) mass is 728 g/mol. The van der Waals surface area contributed by atoms with E-state index in [0.717, 1.165) is 38.5 Å². The Morgan fingerprint density at radius 2 is 0.865 bits per heavy atom. The maximum atomic E-state index is 12.4. The summed E-state index contributed by atoms with van der Waals surface area (Å²) < 4.78 is 20.2. The van der Waals surface area contributed by atoms with Crippen LogP contribution in [0.1, 0.15) is 105 Å². The molecule has 0 radical (unpaired) electrons. The number of rotatable bonds is 12. The lowest BCUT2D eigenvalue weighted by Gasteiger charge is -2.28. The molecule has 3 fully saturated rings. The van der Waals surface area contributed by atoms with Crippen LogP contribution >= 0.6 is 0 Å². The van der Waals surface area contributed by atoms with Crippen LogP contribution in [0, 0.1) is 23.7 Å². The molecule has 52 heavy (non-hydrogen) atoms. The van der Waals surface area contributed by atoms with E-state index in [1.54, 1.807) is 0 Å². The number of ether oxygens (including phenoxy) is 4. The fourth-order valence-corrected chi connectivity index (χ4v) is 10.5. The number of carbonyl (C=O) groups is 4. The Bertz CT molecular complexity index is 1380. The summed E-state index contributed by atoms with van der Waals surface area (Å²) in [7, 11) is 5.79. The predicted molar refractivity (Wildman–Crippen MR) is 197 cm³/mol. The van der Waals surface area contributed by atoms with Gasteiger partial charge in [0.15, 0.2) is 0 Å². The van der Waals surface area contributed by atoms with E-state index in [2.05, 4.69) is 49.0 Å². The van der Waals surface area contributed by atoms with Crippen molar-refractivity contribution in [3.05, 3.63) is 22.3 Å². The molecule has 12 heteroatoms. The second kappa shape index (κ2) is 18.0. The van der Waals surface area contributed by atoms with Gasteiger partial charge < -0.3 is 40.2 Å². The molecular weight excluding hydrogens is 664 g/mol. The van der Waals surface area contributed by atoms with Crippen LogP contribution < -0.4 is 21.3 Å². The lowest BCUT2D eigenvalue weighted by molar-refractivity contribution is -0.141. The van der Waals surface area contributed by atoms with Gasteiger partial charge in [-0.15, -0.1) is 0 Å². The minimum absolute atomic E-state index is 0.0881. The molecule has 12 nitrogen and oxygen atoms in total.